The Hall–Kier alpha value is -3.39. The fourth-order valence-electron chi connectivity index (χ4n) is 3.85. The van der Waals surface area contributed by atoms with Crippen LogP contribution in [0.1, 0.15) is 18.1 Å². The minimum absolute atomic E-state index is 0.0765. The Morgan fingerprint density at radius 2 is 1.33 bits per heavy atom. The number of rotatable bonds is 2. The lowest BCUT2D eigenvalue weighted by molar-refractivity contribution is 0.843. The van der Waals surface area contributed by atoms with Crippen molar-refractivity contribution >= 4 is 22.2 Å². The van der Waals surface area contributed by atoms with Gasteiger partial charge in [0.15, 0.2) is 0 Å². The molecule has 4 aromatic carbocycles. The molecule has 0 spiro atoms. The number of nitrogens with zero attached hydrogens (tertiary/aromatic N) is 1. The van der Waals surface area contributed by atoms with Crippen LogP contribution in [0.25, 0.3) is 21.9 Å². The first kappa shape index (κ1) is 15.8. The predicted molar refractivity (Wildman–Crippen MR) is 115 cm³/mol. The van der Waals surface area contributed by atoms with Crippen LogP contribution in [0.4, 0.5) is 5.69 Å². The Morgan fingerprint density at radius 1 is 0.667 bits per heavy atom. The molecule has 27 heavy (non-hydrogen) atoms. The number of aliphatic imine (C=N–C) groups is 1. The first-order chi connectivity index (χ1) is 13.3. The third kappa shape index (κ3) is 2.80. The van der Waals surface area contributed by atoms with Gasteiger partial charge in [-0.05, 0) is 34.9 Å². The SMILES string of the molecule is CC1N=C(c2ccc(-c3cccc4ccccc34)cc2)c2ccccc2N1. The average molecular weight is 348 g/mol. The summed E-state index contributed by atoms with van der Waals surface area (Å²) in [6.45, 7) is 2.08. The molecule has 0 radical (unpaired) electrons. The van der Waals surface area contributed by atoms with Crippen LogP contribution in [-0.4, -0.2) is 11.9 Å². The molecule has 1 unspecified atom stereocenters. The van der Waals surface area contributed by atoms with E-state index in [1.54, 1.807) is 0 Å². The molecular weight excluding hydrogens is 328 g/mol. The number of benzene rings is 4. The standard InChI is InChI=1S/C25H20N2/c1-17-26-24-12-5-4-10-23(24)25(27-17)20-15-13-19(14-16-20)22-11-6-8-18-7-2-3-9-21(18)22/h2-17,26H,1H3. The van der Waals surface area contributed by atoms with Crippen molar-refractivity contribution < 1.29 is 0 Å². The highest BCUT2D eigenvalue weighted by Crippen LogP contribution is 2.30. The van der Waals surface area contributed by atoms with E-state index in [1.807, 2.05) is 0 Å². The van der Waals surface area contributed by atoms with Gasteiger partial charge in [-0.25, -0.2) is 0 Å². The Kier molecular flexibility index (Phi) is 3.75. The summed E-state index contributed by atoms with van der Waals surface area (Å²) < 4.78 is 0. The van der Waals surface area contributed by atoms with E-state index < -0.39 is 0 Å². The molecule has 2 nitrogen and oxygen atoms in total. The van der Waals surface area contributed by atoms with Crippen molar-refractivity contribution in [2.45, 2.75) is 13.1 Å². The maximum atomic E-state index is 4.85. The second-order valence-electron chi connectivity index (χ2n) is 6.95. The molecule has 0 aromatic heterocycles. The number of para-hydroxylation sites is 1. The van der Waals surface area contributed by atoms with Gasteiger partial charge in [-0.15, -0.1) is 0 Å². The summed E-state index contributed by atoms with van der Waals surface area (Å²) in [5.41, 5.74) is 7.01. The van der Waals surface area contributed by atoms with Crippen LogP contribution < -0.4 is 5.32 Å². The second kappa shape index (κ2) is 6.40. The van der Waals surface area contributed by atoms with Gasteiger partial charge in [0.05, 0.1) is 5.71 Å². The van der Waals surface area contributed by atoms with Gasteiger partial charge in [0.2, 0.25) is 0 Å². The molecule has 0 bridgehead atoms. The molecule has 0 saturated carbocycles. The van der Waals surface area contributed by atoms with Gasteiger partial charge in [0.1, 0.15) is 6.17 Å². The summed E-state index contributed by atoms with van der Waals surface area (Å²) in [6.07, 6.45) is 0.0765. The smallest absolute Gasteiger partial charge is 0.116 e. The lowest BCUT2D eigenvalue weighted by Crippen LogP contribution is -2.23. The molecule has 0 aliphatic carbocycles. The summed E-state index contributed by atoms with van der Waals surface area (Å²) in [5, 5.41) is 5.98. The van der Waals surface area contributed by atoms with E-state index in [2.05, 4.69) is 103 Å². The summed E-state index contributed by atoms with van der Waals surface area (Å²) in [4.78, 5) is 4.85. The van der Waals surface area contributed by atoms with Crippen molar-refractivity contribution in [3.8, 4) is 11.1 Å². The van der Waals surface area contributed by atoms with Gasteiger partial charge in [-0.2, -0.15) is 0 Å². The predicted octanol–water partition coefficient (Wildman–Crippen LogP) is 6.12. The van der Waals surface area contributed by atoms with Gasteiger partial charge in [0.25, 0.3) is 0 Å². The highest BCUT2D eigenvalue weighted by Gasteiger charge is 2.18. The molecule has 1 aliphatic heterocycles. The van der Waals surface area contributed by atoms with Gasteiger partial charge in [-0.1, -0.05) is 84.9 Å². The first-order valence-corrected chi connectivity index (χ1v) is 9.32. The molecule has 2 heteroatoms. The van der Waals surface area contributed by atoms with Crippen LogP contribution >= 0.6 is 0 Å². The number of hydrogen-bond acceptors (Lipinski definition) is 2. The Morgan fingerprint density at radius 3 is 2.22 bits per heavy atom. The van der Waals surface area contributed by atoms with Gasteiger partial charge in [0, 0.05) is 16.8 Å². The molecule has 1 aliphatic rings. The summed E-state index contributed by atoms with van der Waals surface area (Å²) >= 11 is 0. The van der Waals surface area contributed by atoms with Crippen molar-refractivity contribution in [3.63, 3.8) is 0 Å². The minimum Gasteiger partial charge on any atom is -0.363 e. The number of fused-ring (bicyclic) bond motifs is 2. The number of anilines is 1. The summed E-state index contributed by atoms with van der Waals surface area (Å²) in [5.74, 6) is 0. The normalized spacial score (nSPS) is 15.7. The van der Waals surface area contributed by atoms with Gasteiger partial charge < -0.3 is 5.32 Å². The monoisotopic (exact) mass is 348 g/mol. The molecular formula is C25H20N2. The quantitative estimate of drug-likeness (QED) is 0.464. The molecule has 0 amide bonds. The van der Waals surface area contributed by atoms with Crippen molar-refractivity contribution in [2.75, 3.05) is 5.32 Å². The van der Waals surface area contributed by atoms with Crippen LogP contribution in [0.2, 0.25) is 0 Å². The van der Waals surface area contributed by atoms with E-state index in [-0.39, 0.29) is 6.17 Å². The van der Waals surface area contributed by atoms with Crippen molar-refractivity contribution in [3.05, 3.63) is 102 Å². The van der Waals surface area contributed by atoms with E-state index in [1.165, 1.54) is 21.9 Å². The molecule has 1 atom stereocenters. The first-order valence-electron chi connectivity index (χ1n) is 9.32. The number of hydrogen-bond donors (Lipinski definition) is 1. The highest BCUT2D eigenvalue weighted by molar-refractivity contribution is 6.17. The highest BCUT2D eigenvalue weighted by atomic mass is 15.1. The molecule has 0 fully saturated rings. The zero-order valence-electron chi connectivity index (χ0n) is 15.2. The Labute approximate surface area is 159 Å². The maximum absolute atomic E-state index is 4.85. The van der Waals surface area contributed by atoms with Crippen molar-refractivity contribution in [2.24, 2.45) is 4.99 Å². The molecule has 5 rings (SSSR count). The van der Waals surface area contributed by atoms with Crippen molar-refractivity contribution in [1.29, 1.82) is 0 Å². The third-order valence-electron chi connectivity index (χ3n) is 5.13. The summed E-state index contributed by atoms with van der Waals surface area (Å²) in [7, 11) is 0. The Balaban J connectivity index is 1.58. The lowest BCUT2D eigenvalue weighted by atomic mass is 9.94. The molecule has 1 N–H and O–H groups in total. The van der Waals surface area contributed by atoms with E-state index in [4.69, 9.17) is 4.99 Å². The van der Waals surface area contributed by atoms with E-state index in [9.17, 15) is 0 Å². The molecule has 130 valence electrons. The fraction of sp³-hybridized carbons (Fsp3) is 0.0800. The zero-order chi connectivity index (χ0) is 18.2. The number of nitrogens with one attached hydrogen (secondary N) is 1. The molecule has 0 saturated heterocycles. The zero-order valence-corrected chi connectivity index (χ0v) is 15.2. The van der Waals surface area contributed by atoms with Gasteiger partial charge >= 0.3 is 0 Å². The summed E-state index contributed by atoms with van der Waals surface area (Å²) in [6, 6.07) is 32.2. The lowest BCUT2D eigenvalue weighted by Gasteiger charge is -2.23. The average Bonchev–Trinajstić information content (AvgIpc) is 2.73. The van der Waals surface area contributed by atoms with E-state index in [0.29, 0.717) is 0 Å². The second-order valence-corrected chi connectivity index (χ2v) is 6.95. The van der Waals surface area contributed by atoms with Crippen LogP contribution in [-0.2, 0) is 0 Å². The Bertz CT molecular complexity index is 1150. The van der Waals surface area contributed by atoms with Crippen LogP contribution in [0.3, 0.4) is 0 Å². The van der Waals surface area contributed by atoms with Crippen LogP contribution in [0.15, 0.2) is 96.0 Å². The minimum atomic E-state index is 0.0765. The van der Waals surface area contributed by atoms with E-state index in [0.717, 1.165) is 22.5 Å². The fourth-order valence-corrected chi connectivity index (χ4v) is 3.85. The van der Waals surface area contributed by atoms with Crippen molar-refractivity contribution in [1.82, 2.24) is 0 Å². The molecule has 4 aromatic rings. The van der Waals surface area contributed by atoms with Crippen LogP contribution in [0.5, 0.6) is 0 Å². The van der Waals surface area contributed by atoms with Crippen LogP contribution in [0, 0.1) is 0 Å². The van der Waals surface area contributed by atoms with Gasteiger partial charge in [-0.3, -0.25) is 4.99 Å². The third-order valence-corrected chi connectivity index (χ3v) is 5.13. The van der Waals surface area contributed by atoms with E-state index >= 15 is 0 Å². The maximum Gasteiger partial charge on any atom is 0.116 e. The topological polar surface area (TPSA) is 24.4 Å². The largest absolute Gasteiger partial charge is 0.363 e. The molecule has 1 heterocycles.